The zero-order valence-corrected chi connectivity index (χ0v) is 11.4. The van der Waals surface area contributed by atoms with Crippen LogP contribution in [0, 0.1) is 5.92 Å². The van der Waals surface area contributed by atoms with Gasteiger partial charge in [0.2, 0.25) is 5.95 Å². The number of hydrogen-bond acceptors (Lipinski definition) is 5. The van der Waals surface area contributed by atoms with Crippen LogP contribution in [0.25, 0.3) is 0 Å². The van der Waals surface area contributed by atoms with Crippen LogP contribution >= 0.6 is 0 Å². The Kier molecular flexibility index (Phi) is 4.36. The molecule has 5 nitrogen and oxygen atoms in total. The Labute approximate surface area is 109 Å². The van der Waals surface area contributed by atoms with E-state index >= 15 is 0 Å². The molecule has 0 aromatic carbocycles. The van der Waals surface area contributed by atoms with Crippen molar-refractivity contribution in [1.82, 2.24) is 9.97 Å². The van der Waals surface area contributed by atoms with Crippen molar-refractivity contribution in [2.24, 2.45) is 5.92 Å². The molecule has 1 aliphatic heterocycles. The van der Waals surface area contributed by atoms with Crippen molar-refractivity contribution in [2.45, 2.75) is 20.3 Å². The SMILES string of the molecule is CNc1cc(CC(C)C)nc(N2CCOCC2)n1. The van der Waals surface area contributed by atoms with E-state index in [2.05, 4.69) is 34.0 Å². The van der Waals surface area contributed by atoms with Gasteiger partial charge in [-0.2, -0.15) is 4.98 Å². The fraction of sp³-hybridized carbons (Fsp3) is 0.692. The molecule has 1 aromatic rings. The second-order valence-electron chi connectivity index (χ2n) is 4.99. The summed E-state index contributed by atoms with van der Waals surface area (Å²) >= 11 is 0. The molecule has 1 aromatic heterocycles. The number of nitrogens with zero attached hydrogens (tertiary/aromatic N) is 3. The van der Waals surface area contributed by atoms with Crippen molar-refractivity contribution in [2.75, 3.05) is 43.6 Å². The van der Waals surface area contributed by atoms with Gasteiger partial charge in [-0.05, 0) is 12.3 Å². The van der Waals surface area contributed by atoms with Crippen LogP contribution in [-0.4, -0.2) is 43.3 Å². The molecule has 100 valence electrons. The van der Waals surface area contributed by atoms with Gasteiger partial charge in [-0.1, -0.05) is 13.8 Å². The standard InChI is InChI=1S/C13H22N4O/c1-10(2)8-11-9-12(14-3)16-13(15-11)17-4-6-18-7-5-17/h9-10H,4-8H2,1-3H3,(H,14,15,16). The number of anilines is 2. The summed E-state index contributed by atoms with van der Waals surface area (Å²) in [6.45, 7) is 7.66. The minimum atomic E-state index is 0.599. The van der Waals surface area contributed by atoms with Crippen molar-refractivity contribution in [3.8, 4) is 0 Å². The summed E-state index contributed by atoms with van der Waals surface area (Å²) in [4.78, 5) is 11.4. The molecular formula is C13H22N4O. The fourth-order valence-electron chi connectivity index (χ4n) is 2.04. The molecule has 0 spiro atoms. The summed E-state index contributed by atoms with van der Waals surface area (Å²) < 4.78 is 5.36. The number of nitrogens with one attached hydrogen (secondary N) is 1. The largest absolute Gasteiger partial charge is 0.378 e. The highest BCUT2D eigenvalue weighted by Crippen LogP contribution is 2.17. The van der Waals surface area contributed by atoms with Crippen molar-refractivity contribution >= 4 is 11.8 Å². The van der Waals surface area contributed by atoms with E-state index in [9.17, 15) is 0 Å². The number of ether oxygens (including phenoxy) is 1. The maximum Gasteiger partial charge on any atom is 0.227 e. The smallest absolute Gasteiger partial charge is 0.227 e. The molecule has 0 aliphatic carbocycles. The van der Waals surface area contributed by atoms with E-state index in [1.165, 1.54) is 0 Å². The highest BCUT2D eigenvalue weighted by atomic mass is 16.5. The Hall–Kier alpha value is -1.36. The molecule has 18 heavy (non-hydrogen) atoms. The summed E-state index contributed by atoms with van der Waals surface area (Å²) in [5.74, 6) is 2.31. The quantitative estimate of drug-likeness (QED) is 0.878. The van der Waals surface area contributed by atoms with Crippen molar-refractivity contribution in [1.29, 1.82) is 0 Å². The van der Waals surface area contributed by atoms with Crippen molar-refractivity contribution in [3.05, 3.63) is 11.8 Å². The molecule has 2 heterocycles. The Morgan fingerprint density at radius 2 is 2.06 bits per heavy atom. The predicted octanol–water partition coefficient (Wildman–Crippen LogP) is 1.55. The lowest BCUT2D eigenvalue weighted by molar-refractivity contribution is 0.122. The van der Waals surface area contributed by atoms with Crippen LogP contribution in [-0.2, 0) is 11.2 Å². The highest BCUT2D eigenvalue weighted by Gasteiger charge is 2.15. The summed E-state index contributed by atoms with van der Waals surface area (Å²) in [5.41, 5.74) is 1.10. The predicted molar refractivity (Wildman–Crippen MR) is 73.2 cm³/mol. The number of aromatic nitrogens is 2. The molecule has 1 aliphatic rings. The van der Waals surface area contributed by atoms with Gasteiger partial charge >= 0.3 is 0 Å². The summed E-state index contributed by atoms with van der Waals surface area (Å²) in [6.07, 6.45) is 0.981. The van der Waals surface area contributed by atoms with Crippen LogP contribution in [0.2, 0.25) is 0 Å². The first-order chi connectivity index (χ1) is 8.69. The van der Waals surface area contributed by atoms with Gasteiger partial charge in [0.15, 0.2) is 0 Å². The Balaban J connectivity index is 2.22. The van der Waals surface area contributed by atoms with Gasteiger partial charge in [0.1, 0.15) is 5.82 Å². The van der Waals surface area contributed by atoms with E-state index in [1.807, 2.05) is 13.1 Å². The molecule has 2 rings (SSSR count). The summed E-state index contributed by atoms with van der Waals surface area (Å²) in [6, 6.07) is 2.03. The van der Waals surface area contributed by atoms with Gasteiger partial charge in [-0.25, -0.2) is 4.98 Å². The molecule has 5 heteroatoms. The third-order valence-corrected chi connectivity index (χ3v) is 2.93. The Morgan fingerprint density at radius 1 is 1.33 bits per heavy atom. The van der Waals surface area contributed by atoms with Crippen LogP contribution in [0.4, 0.5) is 11.8 Å². The lowest BCUT2D eigenvalue weighted by atomic mass is 10.1. The monoisotopic (exact) mass is 250 g/mol. The van der Waals surface area contributed by atoms with Crippen LogP contribution < -0.4 is 10.2 Å². The normalized spacial score (nSPS) is 16.1. The molecule has 0 bridgehead atoms. The van der Waals surface area contributed by atoms with Gasteiger partial charge in [0.25, 0.3) is 0 Å². The Morgan fingerprint density at radius 3 is 2.67 bits per heavy atom. The molecule has 0 atom stereocenters. The Bertz CT molecular complexity index is 389. The van der Waals surface area contributed by atoms with Crippen molar-refractivity contribution in [3.63, 3.8) is 0 Å². The molecule has 1 N–H and O–H groups in total. The average Bonchev–Trinajstić information content (AvgIpc) is 2.38. The topological polar surface area (TPSA) is 50.3 Å². The van der Waals surface area contributed by atoms with Crippen molar-refractivity contribution < 1.29 is 4.74 Å². The highest BCUT2D eigenvalue weighted by molar-refractivity contribution is 5.43. The minimum Gasteiger partial charge on any atom is -0.378 e. The first-order valence-corrected chi connectivity index (χ1v) is 6.57. The lowest BCUT2D eigenvalue weighted by Crippen LogP contribution is -2.37. The second kappa shape index (κ2) is 6.00. The van der Waals surface area contributed by atoms with Crippen LogP contribution in [0.3, 0.4) is 0 Å². The third-order valence-electron chi connectivity index (χ3n) is 2.93. The van der Waals surface area contributed by atoms with Crippen LogP contribution in [0.15, 0.2) is 6.07 Å². The molecule has 0 unspecified atom stereocenters. The third kappa shape index (κ3) is 3.32. The maximum absolute atomic E-state index is 5.36. The first-order valence-electron chi connectivity index (χ1n) is 6.57. The molecule has 1 saturated heterocycles. The van der Waals surface area contributed by atoms with E-state index in [4.69, 9.17) is 4.74 Å². The number of morpholine rings is 1. The van der Waals surface area contributed by atoms with E-state index in [0.717, 1.165) is 50.2 Å². The van der Waals surface area contributed by atoms with Gasteiger partial charge in [0.05, 0.1) is 13.2 Å². The zero-order chi connectivity index (χ0) is 13.0. The van der Waals surface area contributed by atoms with Gasteiger partial charge < -0.3 is 15.0 Å². The molecular weight excluding hydrogens is 228 g/mol. The first kappa shape index (κ1) is 13.1. The van der Waals surface area contributed by atoms with E-state index in [1.54, 1.807) is 0 Å². The molecule has 0 radical (unpaired) electrons. The molecule has 1 fully saturated rings. The number of rotatable bonds is 4. The van der Waals surface area contributed by atoms with Gasteiger partial charge in [-0.15, -0.1) is 0 Å². The average molecular weight is 250 g/mol. The molecule has 0 amide bonds. The van der Waals surface area contributed by atoms with Gasteiger partial charge in [-0.3, -0.25) is 0 Å². The maximum atomic E-state index is 5.36. The fourth-order valence-corrected chi connectivity index (χ4v) is 2.04. The summed E-state index contributed by atoms with van der Waals surface area (Å²) in [5, 5.41) is 3.11. The van der Waals surface area contributed by atoms with Crippen LogP contribution in [0.5, 0.6) is 0 Å². The number of hydrogen-bond donors (Lipinski definition) is 1. The van der Waals surface area contributed by atoms with E-state index in [0.29, 0.717) is 5.92 Å². The lowest BCUT2D eigenvalue weighted by Gasteiger charge is -2.27. The van der Waals surface area contributed by atoms with Crippen LogP contribution in [0.1, 0.15) is 19.5 Å². The van der Waals surface area contributed by atoms with E-state index in [-0.39, 0.29) is 0 Å². The van der Waals surface area contributed by atoms with E-state index < -0.39 is 0 Å². The second-order valence-corrected chi connectivity index (χ2v) is 4.99. The zero-order valence-electron chi connectivity index (χ0n) is 11.4. The van der Waals surface area contributed by atoms with Gasteiger partial charge in [0, 0.05) is 31.9 Å². The summed E-state index contributed by atoms with van der Waals surface area (Å²) in [7, 11) is 1.89. The molecule has 0 saturated carbocycles. The minimum absolute atomic E-state index is 0.599.